The number of carbonyl (C=O) groups is 3. The van der Waals surface area contributed by atoms with E-state index in [0.29, 0.717) is 41.3 Å². The lowest BCUT2D eigenvalue weighted by molar-refractivity contribution is -0.253. The van der Waals surface area contributed by atoms with Gasteiger partial charge in [0.2, 0.25) is 5.91 Å². The Kier molecular flexibility index (Phi) is 10.3. The number of aryl methyl sites for hydroxylation is 1. The highest BCUT2D eigenvalue weighted by atomic mass is 32.2. The number of ether oxygens (including phenoxy) is 3. The van der Waals surface area contributed by atoms with Gasteiger partial charge >= 0.3 is 5.97 Å². The highest BCUT2D eigenvalue weighted by Gasteiger charge is 2.71. The van der Waals surface area contributed by atoms with Crippen LogP contribution in [0.25, 0.3) is 33.4 Å². The molecule has 13 nitrogen and oxygen atoms in total. The molecular formula is C47H40N2O11S. The molecule has 2 atom stereocenters. The van der Waals surface area contributed by atoms with E-state index in [1.165, 1.54) is 31.0 Å². The van der Waals surface area contributed by atoms with Crippen LogP contribution in [0.2, 0.25) is 0 Å². The van der Waals surface area contributed by atoms with E-state index in [9.17, 15) is 24.3 Å². The van der Waals surface area contributed by atoms with Crippen molar-refractivity contribution in [2.24, 2.45) is 0 Å². The van der Waals surface area contributed by atoms with E-state index in [-0.39, 0.29) is 30.8 Å². The van der Waals surface area contributed by atoms with E-state index in [1.54, 1.807) is 49.6 Å². The fourth-order valence-electron chi connectivity index (χ4n) is 8.02. The number of nitrogens with zero attached hydrogens (tertiary/aromatic N) is 1. The van der Waals surface area contributed by atoms with E-state index in [1.807, 2.05) is 61.5 Å². The van der Waals surface area contributed by atoms with Gasteiger partial charge in [0.1, 0.15) is 52.9 Å². The van der Waals surface area contributed by atoms with Crippen LogP contribution in [-0.2, 0) is 37.2 Å². The maximum Gasteiger partial charge on any atom is 0.389 e. The van der Waals surface area contributed by atoms with Crippen LogP contribution in [0, 0.1) is 6.92 Å². The van der Waals surface area contributed by atoms with Crippen molar-refractivity contribution in [2.75, 3.05) is 20.8 Å². The van der Waals surface area contributed by atoms with Crippen LogP contribution < -0.4 is 25.0 Å². The normalized spacial score (nSPS) is 18.7. The molecule has 1 saturated heterocycles. The quantitative estimate of drug-likeness (QED) is 0.0417. The van der Waals surface area contributed by atoms with Crippen molar-refractivity contribution in [1.82, 2.24) is 10.2 Å². The summed E-state index contributed by atoms with van der Waals surface area (Å²) in [5, 5.41) is 13.9. The lowest BCUT2D eigenvalue weighted by Crippen LogP contribution is -2.80. The Morgan fingerprint density at radius 2 is 1.56 bits per heavy atom. The molecule has 14 heteroatoms. The van der Waals surface area contributed by atoms with Crippen molar-refractivity contribution in [3.05, 3.63) is 147 Å². The number of rotatable bonds is 13. The summed E-state index contributed by atoms with van der Waals surface area (Å²) in [5.74, 6) is -0.000926. The van der Waals surface area contributed by atoms with Crippen molar-refractivity contribution in [3.63, 3.8) is 0 Å². The van der Waals surface area contributed by atoms with E-state index < -0.39 is 33.6 Å². The fourth-order valence-corrected chi connectivity index (χ4v) is 9.72. The number of thioether (sulfide) groups is 1. The summed E-state index contributed by atoms with van der Waals surface area (Å²) in [6.07, 6.45) is 1.28. The second-order valence-corrected chi connectivity index (χ2v) is 16.6. The Morgan fingerprint density at radius 1 is 0.836 bits per heavy atom. The van der Waals surface area contributed by atoms with E-state index in [0.717, 1.165) is 49.4 Å². The molecule has 61 heavy (non-hydrogen) atoms. The number of fused-ring (bicyclic) bond motifs is 3. The third kappa shape index (κ3) is 7.36. The summed E-state index contributed by atoms with van der Waals surface area (Å²) >= 11 is 1.31. The molecular weight excluding hydrogens is 801 g/mol. The summed E-state index contributed by atoms with van der Waals surface area (Å²) in [7, 11) is 2.81. The van der Waals surface area contributed by atoms with Gasteiger partial charge < -0.3 is 29.1 Å². The third-order valence-electron chi connectivity index (χ3n) is 11.2. The van der Waals surface area contributed by atoms with Crippen LogP contribution in [0.4, 0.5) is 0 Å². The molecule has 9 rings (SSSR count). The summed E-state index contributed by atoms with van der Waals surface area (Å²) in [6, 6.07) is 32.6. The first-order valence-corrected chi connectivity index (χ1v) is 20.5. The lowest BCUT2D eigenvalue weighted by atomic mass is 9.91. The van der Waals surface area contributed by atoms with Crippen molar-refractivity contribution >= 4 is 40.5 Å². The zero-order chi connectivity index (χ0) is 42.5. The molecule has 2 amide bonds. The number of aliphatic hydroxyl groups is 1. The highest BCUT2D eigenvalue weighted by Crippen LogP contribution is 2.63. The molecule has 2 fully saturated rings. The summed E-state index contributed by atoms with van der Waals surface area (Å²) in [5.41, 5.74) is 3.98. The van der Waals surface area contributed by atoms with E-state index in [2.05, 4.69) is 5.32 Å². The Bertz CT molecular complexity index is 2760. The van der Waals surface area contributed by atoms with Gasteiger partial charge in [-0.25, -0.2) is 4.79 Å². The highest BCUT2D eigenvalue weighted by molar-refractivity contribution is 8.02. The van der Waals surface area contributed by atoms with Crippen molar-refractivity contribution in [2.45, 2.75) is 48.6 Å². The largest absolute Gasteiger partial charge is 0.497 e. The van der Waals surface area contributed by atoms with Gasteiger partial charge in [0.15, 0.2) is 5.43 Å². The van der Waals surface area contributed by atoms with Gasteiger partial charge in [-0.2, -0.15) is 4.89 Å². The van der Waals surface area contributed by atoms with Crippen LogP contribution in [0.15, 0.2) is 130 Å². The van der Waals surface area contributed by atoms with Gasteiger partial charge in [0.25, 0.3) is 11.6 Å². The number of β-lactam (4-membered cyclic amide) rings is 1. The molecule has 1 spiro atoms. The van der Waals surface area contributed by atoms with E-state index >= 15 is 0 Å². The number of methoxy groups -OCH3 is 1. The molecule has 0 unspecified atom stereocenters. The number of nitrogens with one attached hydrogen (secondary N) is 1. The second kappa shape index (κ2) is 15.8. The number of benzene rings is 5. The van der Waals surface area contributed by atoms with Crippen LogP contribution in [0.3, 0.4) is 0 Å². The molecule has 310 valence electrons. The first-order chi connectivity index (χ1) is 29.5. The van der Waals surface area contributed by atoms with Gasteiger partial charge in [0, 0.05) is 39.0 Å². The average Bonchev–Trinajstić information content (AvgIpc) is 4.04. The third-order valence-corrected chi connectivity index (χ3v) is 13.1. The van der Waals surface area contributed by atoms with Gasteiger partial charge in [0.05, 0.1) is 20.6 Å². The molecule has 0 bridgehead atoms. The summed E-state index contributed by atoms with van der Waals surface area (Å²) in [6.45, 7) is 2.20. The maximum absolute atomic E-state index is 13.6. The van der Waals surface area contributed by atoms with Crippen LogP contribution >= 0.6 is 11.8 Å². The van der Waals surface area contributed by atoms with Crippen LogP contribution in [-0.4, -0.2) is 64.5 Å². The minimum absolute atomic E-state index is 0.0355. The SMILES string of the molecule is COOC(=O)C1=C(COc2ccc(COc3ccc4c(-c5ccc(OC)cc5C)c5ccc(=O)cc-5oc4c3)cc2)C2(CC2)S[C@H]2N1C(=O)[C@@]2(O)NC(=O)Cc1ccccc1. The maximum atomic E-state index is 13.6. The van der Waals surface area contributed by atoms with Crippen molar-refractivity contribution < 1.29 is 47.9 Å². The van der Waals surface area contributed by atoms with Gasteiger partial charge in [-0.15, -0.1) is 11.8 Å². The molecule has 4 aromatic rings. The smallest absolute Gasteiger partial charge is 0.389 e. The topological polar surface area (TPSA) is 163 Å². The first-order valence-electron chi connectivity index (χ1n) is 19.6. The number of hydrogen-bond acceptors (Lipinski definition) is 12. The standard InChI is InChI=1S/C47H40N2O11S/c1-27-21-32(55-2)14-17-34(27)41-35-16-11-30(50)23-38(35)59-39-24-33(15-18-36(39)41)57-25-29-9-12-31(13-10-29)58-26-37-42(43(52)60-56-3)49-44(53)47(54,45(49)61-46(37)19-20-46)48-40(51)22-28-7-5-4-6-8-28/h4-18,21,23-24,45,54H,19-20,22,25-26H2,1-3H3,(H,48,51)/t45-,47+/m1/s1. The van der Waals surface area contributed by atoms with Crippen LogP contribution in [0.5, 0.6) is 17.2 Å². The summed E-state index contributed by atoms with van der Waals surface area (Å²) in [4.78, 5) is 63.0. The molecule has 0 aromatic heterocycles. The molecule has 2 N–H and O–H groups in total. The molecule has 1 saturated carbocycles. The molecule has 0 radical (unpaired) electrons. The Balaban J connectivity index is 0.906. The first kappa shape index (κ1) is 39.8. The van der Waals surface area contributed by atoms with Crippen molar-refractivity contribution in [1.29, 1.82) is 0 Å². The second-order valence-electron chi connectivity index (χ2n) is 15.2. The zero-order valence-electron chi connectivity index (χ0n) is 33.4. The van der Waals surface area contributed by atoms with E-state index in [4.69, 9.17) is 28.4 Å². The number of carbonyl (C=O) groups excluding carboxylic acids is 3. The van der Waals surface area contributed by atoms with Gasteiger partial charge in [-0.05, 0) is 90.6 Å². The van der Waals surface area contributed by atoms with Gasteiger partial charge in [-0.3, -0.25) is 24.2 Å². The molecule has 3 heterocycles. The summed E-state index contributed by atoms with van der Waals surface area (Å²) < 4.78 is 23.5. The monoisotopic (exact) mass is 840 g/mol. The predicted molar refractivity (Wildman–Crippen MR) is 226 cm³/mol. The molecule has 3 aliphatic heterocycles. The number of amides is 2. The minimum atomic E-state index is -2.22. The zero-order valence-corrected chi connectivity index (χ0v) is 34.2. The molecule has 5 aliphatic rings. The number of hydrogen-bond donors (Lipinski definition) is 2. The average molecular weight is 841 g/mol. The van der Waals surface area contributed by atoms with Gasteiger partial charge in [-0.1, -0.05) is 48.5 Å². The molecule has 4 aromatic carbocycles. The Labute approximate surface area is 354 Å². The molecule has 2 aliphatic carbocycles. The Morgan fingerprint density at radius 3 is 2.28 bits per heavy atom. The minimum Gasteiger partial charge on any atom is -0.497 e. The lowest BCUT2D eigenvalue weighted by Gasteiger charge is -2.55. The predicted octanol–water partition coefficient (Wildman–Crippen LogP) is 6.69. The van der Waals surface area contributed by atoms with Crippen LogP contribution in [0.1, 0.15) is 29.5 Å². The Hall–Kier alpha value is -6.61. The fraction of sp³-hybridized carbons (Fsp3) is 0.234. The van der Waals surface area contributed by atoms with Crippen molar-refractivity contribution in [3.8, 4) is 39.7 Å².